The van der Waals surface area contributed by atoms with E-state index >= 15 is 0 Å². The van der Waals surface area contributed by atoms with Gasteiger partial charge in [-0.3, -0.25) is 4.79 Å². The lowest BCUT2D eigenvalue weighted by Gasteiger charge is -2.32. The Hall–Kier alpha value is -3.53. The number of aromatic amines is 1. The van der Waals surface area contributed by atoms with Crippen molar-refractivity contribution in [2.75, 3.05) is 6.54 Å². The minimum absolute atomic E-state index is 0.0230. The van der Waals surface area contributed by atoms with Gasteiger partial charge in [0, 0.05) is 18.7 Å². The highest BCUT2D eigenvalue weighted by Gasteiger charge is 2.39. The number of nitrogens with one attached hydrogen (secondary N) is 1. The first kappa shape index (κ1) is 18.5. The Kier molecular flexibility index (Phi) is 4.17. The summed E-state index contributed by atoms with van der Waals surface area (Å²) >= 11 is 0. The Balaban J connectivity index is 1.62. The molecular weight excluding hydrogens is 393 g/mol. The topological polar surface area (TPSA) is 121 Å². The third-order valence-corrected chi connectivity index (χ3v) is 5.17. The van der Waals surface area contributed by atoms with Crippen LogP contribution in [-0.4, -0.2) is 42.4 Å². The van der Waals surface area contributed by atoms with E-state index in [-0.39, 0.29) is 23.1 Å². The summed E-state index contributed by atoms with van der Waals surface area (Å²) in [6, 6.07) is 3.71. The molecule has 1 aliphatic rings. The zero-order valence-electron chi connectivity index (χ0n) is 16.2. The zero-order valence-corrected chi connectivity index (χ0v) is 16.2. The molecule has 1 amide bonds. The van der Waals surface area contributed by atoms with Crippen LogP contribution in [0.5, 0.6) is 0 Å². The standard InChI is InChI=1S/C20H18FN5O4/c1-9-16(29-18(24-9)10(2)27)20(28)26-7-6-12-14(23-8-22-12)15(26)19-25-13-5-3-4-11(21)17(13)30-19/h3-5,8,10,15,27H,6-7H2,1-2H3,(H,22,23)/t10-,15-/m0/s1. The summed E-state index contributed by atoms with van der Waals surface area (Å²) in [7, 11) is 0. The van der Waals surface area contributed by atoms with Crippen LogP contribution in [0.1, 0.15) is 58.5 Å². The number of benzene rings is 1. The summed E-state index contributed by atoms with van der Waals surface area (Å²) in [4.78, 5) is 30.9. The van der Waals surface area contributed by atoms with Crippen LogP contribution in [0.2, 0.25) is 0 Å². The van der Waals surface area contributed by atoms with Crippen molar-refractivity contribution in [3.8, 4) is 0 Å². The number of nitrogens with zero attached hydrogens (tertiary/aromatic N) is 4. The van der Waals surface area contributed by atoms with Gasteiger partial charge in [0.25, 0.3) is 5.91 Å². The van der Waals surface area contributed by atoms with Gasteiger partial charge in [-0.2, -0.15) is 0 Å². The van der Waals surface area contributed by atoms with E-state index in [9.17, 15) is 14.3 Å². The smallest absolute Gasteiger partial charge is 0.292 e. The van der Waals surface area contributed by atoms with E-state index in [1.807, 2.05) is 0 Å². The van der Waals surface area contributed by atoms with Crippen LogP contribution in [0.3, 0.4) is 0 Å². The molecule has 0 unspecified atom stereocenters. The molecule has 3 aromatic heterocycles. The second kappa shape index (κ2) is 6.77. The maximum Gasteiger partial charge on any atom is 0.292 e. The molecule has 9 nitrogen and oxygen atoms in total. The third-order valence-electron chi connectivity index (χ3n) is 5.17. The summed E-state index contributed by atoms with van der Waals surface area (Å²) in [6.45, 7) is 3.48. The van der Waals surface area contributed by atoms with E-state index in [0.717, 1.165) is 5.69 Å². The predicted molar refractivity (Wildman–Crippen MR) is 101 cm³/mol. The number of carbonyl (C=O) groups excluding carboxylic acids is 1. The van der Waals surface area contributed by atoms with Gasteiger partial charge in [-0.25, -0.2) is 19.3 Å². The van der Waals surface area contributed by atoms with Gasteiger partial charge in [0.15, 0.2) is 17.4 Å². The Bertz CT molecular complexity index is 1260. The Morgan fingerprint density at radius 3 is 2.93 bits per heavy atom. The first-order chi connectivity index (χ1) is 14.4. The van der Waals surface area contributed by atoms with Crippen LogP contribution < -0.4 is 0 Å². The summed E-state index contributed by atoms with van der Waals surface area (Å²) in [5, 5.41) is 9.74. The minimum Gasteiger partial charge on any atom is -0.435 e. The number of hydrogen-bond acceptors (Lipinski definition) is 7. The number of oxazole rings is 2. The molecule has 0 fully saturated rings. The number of aliphatic hydroxyl groups excluding tert-OH is 1. The lowest BCUT2D eigenvalue weighted by Crippen LogP contribution is -2.41. The monoisotopic (exact) mass is 411 g/mol. The number of rotatable bonds is 3. The number of aliphatic hydroxyl groups is 1. The van der Waals surface area contributed by atoms with Crippen molar-refractivity contribution in [1.82, 2.24) is 24.8 Å². The predicted octanol–water partition coefficient (Wildman–Crippen LogP) is 2.83. The van der Waals surface area contributed by atoms with Gasteiger partial charge in [-0.15, -0.1) is 0 Å². The molecular formula is C20H18FN5O4. The number of aryl methyl sites for hydroxylation is 1. The minimum atomic E-state index is -0.944. The summed E-state index contributed by atoms with van der Waals surface area (Å²) in [5.74, 6) is -0.724. The number of para-hydroxylation sites is 1. The molecule has 4 aromatic rings. The third kappa shape index (κ3) is 2.79. The highest BCUT2D eigenvalue weighted by atomic mass is 19.1. The fraction of sp³-hybridized carbons (Fsp3) is 0.300. The van der Waals surface area contributed by atoms with Gasteiger partial charge in [0.1, 0.15) is 11.6 Å². The Morgan fingerprint density at radius 1 is 1.37 bits per heavy atom. The molecule has 1 aromatic carbocycles. The number of fused-ring (bicyclic) bond motifs is 2. The summed E-state index contributed by atoms with van der Waals surface area (Å²) in [6.07, 6.45) is 1.14. The van der Waals surface area contributed by atoms with Gasteiger partial charge in [0.05, 0.1) is 17.7 Å². The molecule has 0 spiro atoms. The fourth-order valence-corrected chi connectivity index (χ4v) is 3.72. The molecule has 0 bridgehead atoms. The molecule has 4 heterocycles. The normalized spacial score (nSPS) is 17.3. The van der Waals surface area contributed by atoms with E-state index in [1.54, 1.807) is 25.4 Å². The van der Waals surface area contributed by atoms with Gasteiger partial charge < -0.3 is 23.8 Å². The van der Waals surface area contributed by atoms with Crippen molar-refractivity contribution in [2.45, 2.75) is 32.4 Å². The van der Waals surface area contributed by atoms with Gasteiger partial charge in [0.2, 0.25) is 17.5 Å². The quantitative estimate of drug-likeness (QED) is 0.532. The molecule has 2 atom stereocenters. The highest BCUT2D eigenvalue weighted by Crippen LogP contribution is 2.36. The van der Waals surface area contributed by atoms with Crippen molar-refractivity contribution in [2.24, 2.45) is 0 Å². The summed E-state index contributed by atoms with van der Waals surface area (Å²) in [5.41, 5.74) is 2.17. The van der Waals surface area contributed by atoms with Crippen LogP contribution in [0, 0.1) is 12.7 Å². The largest absolute Gasteiger partial charge is 0.435 e. The maximum absolute atomic E-state index is 14.2. The van der Waals surface area contributed by atoms with Crippen LogP contribution in [0.15, 0.2) is 33.4 Å². The van der Waals surface area contributed by atoms with Crippen LogP contribution in [-0.2, 0) is 6.42 Å². The van der Waals surface area contributed by atoms with E-state index in [4.69, 9.17) is 8.83 Å². The second-order valence-corrected chi connectivity index (χ2v) is 7.20. The van der Waals surface area contributed by atoms with Crippen molar-refractivity contribution >= 4 is 17.0 Å². The molecule has 1 aliphatic heterocycles. The molecule has 0 aliphatic carbocycles. The molecule has 2 N–H and O–H groups in total. The SMILES string of the molecule is Cc1nc([C@H](C)O)oc1C(=O)N1CCc2[nH]cnc2[C@H]1c1nc2cccc(F)c2o1. The average molecular weight is 411 g/mol. The fourth-order valence-electron chi connectivity index (χ4n) is 3.72. The second-order valence-electron chi connectivity index (χ2n) is 7.20. The molecule has 0 saturated heterocycles. The number of halogens is 1. The van der Waals surface area contributed by atoms with Crippen molar-refractivity contribution in [3.63, 3.8) is 0 Å². The van der Waals surface area contributed by atoms with Crippen LogP contribution >= 0.6 is 0 Å². The zero-order chi connectivity index (χ0) is 21.0. The molecule has 5 rings (SSSR count). The first-order valence-electron chi connectivity index (χ1n) is 9.47. The lowest BCUT2D eigenvalue weighted by molar-refractivity contribution is 0.0625. The van der Waals surface area contributed by atoms with E-state index in [1.165, 1.54) is 17.9 Å². The van der Waals surface area contributed by atoms with Crippen molar-refractivity contribution in [3.05, 3.63) is 65.0 Å². The number of aromatic nitrogens is 4. The lowest BCUT2D eigenvalue weighted by atomic mass is 10.0. The number of amides is 1. The molecule has 0 radical (unpaired) electrons. The maximum atomic E-state index is 14.2. The number of imidazole rings is 1. The average Bonchev–Trinajstić information content (AvgIpc) is 3.44. The van der Waals surface area contributed by atoms with Crippen LogP contribution in [0.4, 0.5) is 4.39 Å². The van der Waals surface area contributed by atoms with Gasteiger partial charge >= 0.3 is 0 Å². The number of hydrogen-bond donors (Lipinski definition) is 2. The first-order valence-corrected chi connectivity index (χ1v) is 9.47. The summed E-state index contributed by atoms with van der Waals surface area (Å²) < 4.78 is 25.4. The number of carbonyl (C=O) groups is 1. The van der Waals surface area contributed by atoms with Crippen LogP contribution in [0.25, 0.3) is 11.1 Å². The highest BCUT2D eigenvalue weighted by molar-refractivity contribution is 5.93. The van der Waals surface area contributed by atoms with Crippen molar-refractivity contribution in [1.29, 1.82) is 0 Å². The Labute approximate surface area is 169 Å². The van der Waals surface area contributed by atoms with E-state index in [0.29, 0.717) is 29.9 Å². The van der Waals surface area contributed by atoms with Gasteiger partial charge in [-0.1, -0.05) is 6.07 Å². The van der Waals surface area contributed by atoms with E-state index in [2.05, 4.69) is 19.9 Å². The molecule has 154 valence electrons. The Morgan fingerprint density at radius 2 is 2.20 bits per heavy atom. The molecule has 30 heavy (non-hydrogen) atoms. The molecule has 0 saturated carbocycles. The molecule has 10 heteroatoms. The van der Waals surface area contributed by atoms with E-state index < -0.39 is 23.9 Å². The number of H-pyrrole nitrogens is 1. The van der Waals surface area contributed by atoms with Crippen molar-refractivity contribution < 1.29 is 23.1 Å². The van der Waals surface area contributed by atoms with Gasteiger partial charge in [-0.05, 0) is 26.0 Å².